The van der Waals surface area contributed by atoms with Crippen molar-refractivity contribution in [2.45, 2.75) is 13.1 Å². The predicted octanol–water partition coefficient (Wildman–Crippen LogP) is 4.67. The van der Waals surface area contributed by atoms with Gasteiger partial charge in [-0.15, -0.1) is 0 Å². The van der Waals surface area contributed by atoms with Crippen LogP contribution in [-0.2, 0) is 17.8 Å². The number of benzene rings is 2. The number of hydrogen-bond acceptors (Lipinski definition) is 5. The molecule has 10 heteroatoms. The van der Waals surface area contributed by atoms with E-state index in [-0.39, 0.29) is 18.3 Å². The van der Waals surface area contributed by atoms with Crippen molar-refractivity contribution in [2.75, 3.05) is 14.2 Å². The molecule has 0 bridgehead atoms. The number of hydrogen-bond donors (Lipinski definition) is 2. The summed E-state index contributed by atoms with van der Waals surface area (Å²) in [5.74, 6) is -0.565. The second-order valence-electron chi connectivity index (χ2n) is 7.90. The van der Waals surface area contributed by atoms with Crippen molar-refractivity contribution in [3.8, 4) is 22.5 Å². The van der Waals surface area contributed by atoms with Gasteiger partial charge in [-0.3, -0.25) is 14.5 Å². The average molecular weight is 508 g/mol. The number of alkyl carbamates (subject to hydrolysis) is 1. The molecular weight excluding hydrogens is 485 g/mol. The van der Waals surface area contributed by atoms with E-state index in [9.17, 15) is 14.0 Å². The Hall–Kier alpha value is -4.24. The van der Waals surface area contributed by atoms with Gasteiger partial charge in [0.2, 0.25) is 0 Å². The van der Waals surface area contributed by atoms with E-state index in [0.717, 1.165) is 22.3 Å². The number of aromatic nitrogens is 3. The SMILES string of the molecule is CNC(=O)c1cc(Cl)cc(Cn2ccc(-c3cc(-c4ccc(F)cc4)ncc3CNC(=O)OC)n2)c1. The van der Waals surface area contributed by atoms with Gasteiger partial charge >= 0.3 is 6.09 Å². The third kappa shape index (κ3) is 5.87. The Morgan fingerprint density at radius 3 is 2.58 bits per heavy atom. The summed E-state index contributed by atoms with van der Waals surface area (Å²) < 4.78 is 19.8. The molecule has 4 rings (SSSR count). The summed E-state index contributed by atoms with van der Waals surface area (Å²) in [6.45, 7) is 0.561. The lowest BCUT2D eigenvalue weighted by molar-refractivity contribution is 0.0963. The lowest BCUT2D eigenvalue weighted by Gasteiger charge is -2.11. The molecule has 0 atom stereocenters. The van der Waals surface area contributed by atoms with Crippen molar-refractivity contribution >= 4 is 23.6 Å². The van der Waals surface area contributed by atoms with E-state index in [2.05, 4.69) is 20.4 Å². The molecular formula is C26H23ClFN5O3. The van der Waals surface area contributed by atoms with Crippen LogP contribution in [0.5, 0.6) is 0 Å². The van der Waals surface area contributed by atoms with Crippen molar-refractivity contribution in [3.05, 3.63) is 94.5 Å². The van der Waals surface area contributed by atoms with E-state index >= 15 is 0 Å². The van der Waals surface area contributed by atoms with Crippen molar-refractivity contribution in [2.24, 2.45) is 0 Å². The maximum Gasteiger partial charge on any atom is 0.407 e. The first-order valence-electron chi connectivity index (χ1n) is 11.0. The van der Waals surface area contributed by atoms with E-state index in [4.69, 9.17) is 16.7 Å². The summed E-state index contributed by atoms with van der Waals surface area (Å²) in [7, 11) is 2.85. The van der Waals surface area contributed by atoms with Crippen molar-refractivity contribution in [1.29, 1.82) is 0 Å². The van der Waals surface area contributed by atoms with Crippen LogP contribution < -0.4 is 10.6 Å². The lowest BCUT2D eigenvalue weighted by Crippen LogP contribution is -2.22. The van der Waals surface area contributed by atoms with E-state index in [0.29, 0.717) is 28.5 Å². The van der Waals surface area contributed by atoms with Gasteiger partial charge in [-0.1, -0.05) is 11.6 Å². The van der Waals surface area contributed by atoms with Gasteiger partial charge in [0.1, 0.15) is 5.82 Å². The molecule has 2 amide bonds. The Bertz CT molecular complexity index is 1410. The second kappa shape index (κ2) is 11.0. The molecule has 2 heterocycles. The molecule has 0 aliphatic carbocycles. The van der Waals surface area contributed by atoms with Crippen molar-refractivity contribution in [3.63, 3.8) is 0 Å². The minimum absolute atomic E-state index is 0.176. The fraction of sp³-hybridized carbons (Fsp3) is 0.154. The number of nitrogens with one attached hydrogen (secondary N) is 2. The minimum atomic E-state index is -0.568. The highest BCUT2D eigenvalue weighted by atomic mass is 35.5. The highest BCUT2D eigenvalue weighted by molar-refractivity contribution is 6.31. The topological polar surface area (TPSA) is 98.1 Å². The van der Waals surface area contributed by atoms with Crippen LogP contribution in [0, 0.1) is 5.82 Å². The zero-order chi connectivity index (χ0) is 25.7. The standard InChI is InChI=1S/C26H23ClFN5O3/c1-29-25(34)18-9-16(10-20(27)11-18)15-33-8-7-23(32-33)22-12-24(17-3-5-21(28)6-4-17)30-13-19(22)14-31-26(35)36-2/h3-13H,14-15H2,1-2H3,(H,29,34)(H,31,35). The van der Waals surface area contributed by atoms with E-state index in [1.807, 2.05) is 18.3 Å². The molecule has 36 heavy (non-hydrogen) atoms. The first-order chi connectivity index (χ1) is 17.4. The van der Waals surface area contributed by atoms with Crippen LogP contribution in [0.1, 0.15) is 21.5 Å². The van der Waals surface area contributed by atoms with Crippen molar-refractivity contribution < 1.29 is 18.7 Å². The average Bonchev–Trinajstić information content (AvgIpc) is 3.35. The summed E-state index contributed by atoms with van der Waals surface area (Å²) in [5, 5.41) is 10.4. The monoisotopic (exact) mass is 507 g/mol. The van der Waals surface area contributed by atoms with E-state index < -0.39 is 6.09 Å². The predicted molar refractivity (Wildman–Crippen MR) is 134 cm³/mol. The molecule has 0 unspecified atom stereocenters. The Balaban J connectivity index is 1.67. The smallest absolute Gasteiger partial charge is 0.407 e. The first kappa shape index (κ1) is 24.9. The molecule has 0 saturated heterocycles. The number of methoxy groups -OCH3 is 1. The van der Waals surface area contributed by atoms with Crippen LogP contribution in [0.4, 0.5) is 9.18 Å². The second-order valence-corrected chi connectivity index (χ2v) is 8.34. The fourth-order valence-electron chi connectivity index (χ4n) is 3.68. The van der Waals surface area contributed by atoms with Gasteiger partial charge in [-0.05, 0) is 65.7 Å². The molecule has 0 aliphatic rings. The Morgan fingerprint density at radius 2 is 1.86 bits per heavy atom. The number of pyridine rings is 1. The summed E-state index contributed by atoms with van der Waals surface area (Å²) >= 11 is 6.21. The molecule has 0 spiro atoms. The fourth-order valence-corrected chi connectivity index (χ4v) is 3.94. The van der Waals surface area contributed by atoms with Crippen LogP contribution in [0.2, 0.25) is 5.02 Å². The summed E-state index contributed by atoms with van der Waals surface area (Å²) in [5.41, 5.74) is 4.76. The van der Waals surface area contributed by atoms with Gasteiger partial charge < -0.3 is 15.4 Å². The maximum atomic E-state index is 13.4. The van der Waals surface area contributed by atoms with Crippen LogP contribution in [-0.4, -0.2) is 40.9 Å². The molecule has 184 valence electrons. The Morgan fingerprint density at radius 1 is 1.08 bits per heavy atom. The zero-order valence-electron chi connectivity index (χ0n) is 19.6. The number of carbonyl (C=O) groups is 2. The molecule has 2 aromatic carbocycles. The van der Waals surface area contributed by atoms with Gasteiger partial charge in [0.25, 0.3) is 5.91 Å². The molecule has 0 saturated carbocycles. The Labute approximate surface area is 212 Å². The third-order valence-electron chi connectivity index (χ3n) is 5.44. The summed E-state index contributed by atoms with van der Waals surface area (Å²) in [6, 6.07) is 14.9. The molecule has 2 aromatic heterocycles. The lowest BCUT2D eigenvalue weighted by atomic mass is 10.0. The quantitative estimate of drug-likeness (QED) is 0.379. The normalized spacial score (nSPS) is 10.7. The van der Waals surface area contributed by atoms with Crippen LogP contribution in [0.3, 0.4) is 0 Å². The summed E-state index contributed by atoms with van der Waals surface area (Å²) in [6.07, 6.45) is 2.89. The van der Waals surface area contributed by atoms with Crippen LogP contribution >= 0.6 is 11.6 Å². The number of rotatable bonds is 7. The minimum Gasteiger partial charge on any atom is -0.453 e. The number of carbonyl (C=O) groups excluding carboxylic acids is 2. The number of amides is 2. The van der Waals surface area contributed by atoms with Crippen LogP contribution in [0.15, 0.2) is 67.0 Å². The third-order valence-corrected chi connectivity index (χ3v) is 5.66. The number of halogens is 2. The Kier molecular flexibility index (Phi) is 7.60. The molecule has 8 nitrogen and oxygen atoms in total. The highest BCUT2D eigenvalue weighted by Crippen LogP contribution is 2.28. The molecule has 0 aliphatic heterocycles. The van der Waals surface area contributed by atoms with Crippen LogP contribution in [0.25, 0.3) is 22.5 Å². The van der Waals surface area contributed by atoms with Gasteiger partial charge in [0.05, 0.1) is 25.0 Å². The largest absolute Gasteiger partial charge is 0.453 e. The van der Waals surface area contributed by atoms with E-state index in [1.54, 1.807) is 48.3 Å². The summed E-state index contributed by atoms with van der Waals surface area (Å²) in [4.78, 5) is 28.2. The first-order valence-corrected chi connectivity index (χ1v) is 11.4. The van der Waals surface area contributed by atoms with Gasteiger partial charge in [0.15, 0.2) is 0 Å². The van der Waals surface area contributed by atoms with Gasteiger partial charge in [-0.2, -0.15) is 5.10 Å². The molecule has 4 aromatic rings. The molecule has 0 radical (unpaired) electrons. The molecule has 0 fully saturated rings. The molecule has 2 N–H and O–H groups in total. The van der Waals surface area contributed by atoms with E-state index in [1.165, 1.54) is 19.2 Å². The highest BCUT2D eigenvalue weighted by Gasteiger charge is 2.14. The number of ether oxygens (including phenoxy) is 1. The number of nitrogens with zero attached hydrogens (tertiary/aromatic N) is 3. The van der Waals surface area contributed by atoms with Gasteiger partial charge in [0, 0.05) is 47.7 Å². The zero-order valence-corrected chi connectivity index (χ0v) is 20.3. The maximum absolute atomic E-state index is 13.4. The van der Waals surface area contributed by atoms with Gasteiger partial charge in [-0.25, -0.2) is 9.18 Å². The van der Waals surface area contributed by atoms with Crippen molar-refractivity contribution in [1.82, 2.24) is 25.4 Å².